The number of nitrogens with one attached hydrogen (secondary N) is 3. The maximum atomic E-state index is 12.3. The zero-order chi connectivity index (χ0) is 16.7. The largest absolute Gasteiger partial charge is 0.399 e. The van der Waals surface area contributed by atoms with Crippen LogP contribution in [0.4, 0.5) is 11.4 Å². The van der Waals surface area contributed by atoms with Gasteiger partial charge in [-0.15, -0.1) is 0 Å². The predicted molar refractivity (Wildman–Crippen MR) is 90.4 cm³/mol. The van der Waals surface area contributed by atoms with Crippen molar-refractivity contribution in [2.45, 2.75) is 19.6 Å². The summed E-state index contributed by atoms with van der Waals surface area (Å²) in [6, 6.07) is 16.5. The number of rotatable bonds is 6. The highest BCUT2D eigenvalue weighted by Crippen LogP contribution is 2.12. The van der Waals surface area contributed by atoms with Gasteiger partial charge >= 0.3 is 0 Å². The van der Waals surface area contributed by atoms with Crippen molar-refractivity contribution in [1.82, 2.24) is 10.6 Å². The van der Waals surface area contributed by atoms with Gasteiger partial charge in [0.1, 0.15) is 0 Å². The summed E-state index contributed by atoms with van der Waals surface area (Å²) >= 11 is 0. The molecule has 0 radical (unpaired) electrons. The fourth-order valence-electron chi connectivity index (χ4n) is 2.05. The van der Waals surface area contributed by atoms with Crippen LogP contribution in [-0.4, -0.2) is 18.0 Å². The summed E-state index contributed by atoms with van der Waals surface area (Å²) in [6.45, 7) is 1.74. The Morgan fingerprint density at radius 1 is 1.09 bits per heavy atom. The standard InChI is InChI=1S/C17H20N4O2/c1-12(22)20-16(21-15-9-5-8-14(18)10-15)17(23)19-11-13-6-3-2-4-7-13/h2-10,16,21H,11,18H2,1H3,(H,19,23)(H,20,22)/t16-/m0/s1. The van der Waals surface area contributed by atoms with Gasteiger partial charge < -0.3 is 21.7 Å². The molecule has 0 aromatic heterocycles. The van der Waals surface area contributed by atoms with Crippen molar-refractivity contribution in [2.75, 3.05) is 11.1 Å². The fraction of sp³-hybridized carbons (Fsp3) is 0.176. The summed E-state index contributed by atoms with van der Waals surface area (Å²) in [5.74, 6) is -0.632. The first-order valence-electron chi connectivity index (χ1n) is 7.25. The molecule has 6 heteroatoms. The summed E-state index contributed by atoms with van der Waals surface area (Å²) < 4.78 is 0. The highest BCUT2D eigenvalue weighted by atomic mass is 16.2. The van der Waals surface area contributed by atoms with Crippen molar-refractivity contribution in [3.63, 3.8) is 0 Å². The second-order valence-corrected chi connectivity index (χ2v) is 5.11. The van der Waals surface area contributed by atoms with Crippen LogP contribution in [0.15, 0.2) is 54.6 Å². The highest BCUT2D eigenvalue weighted by Gasteiger charge is 2.18. The third kappa shape index (κ3) is 5.35. The molecule has 0 bridgehead atoms. The van der Waals surface area contributed by atoms with E-state index in [0.29, 0.717) is 17.9 Å². The molecule has 0 spiro atoms. The quantitative estimate of drug-likeness (QED) is 0.479. The zero-order valence-corrected chi connectivity index (χ0v) is 12.9. The second-order valence-electron chi connectivity index (χ2n) is 5.11. The Labute approximate surface area is 135 Å². The van der Waals surface area contributed by atoms with Crippen LogP contribution in [0.3, 0.4) is 0 Å². The van der Waals surface area contributed by atoms with E-state index in [9.17, 15) is 9.59 Å². The predicted octanol–water partition coefficient (Wildman–Crippen LogP) is 1.46. The molecule has 0 heterocycles. The van der Waals surface area contributed by atoms with Crippen molar-refractivity contribution in [1.29, 1.82) is 0 Å². The van der Waals surface area contributed by atoms with Crippen LogP contribution in [0, 0.1) is 0 Å². The molecule has 23 heavy (non-hydrogen) atoms. The average molecular weight is 312 g/mol. The average Bonchev–Trinajstić information content (AvgIpc) is 2.52. The number of benzene rings is 2. The molecule has 2 amide bonds. The number of anilines is 2. The maximum absolute atomic E-state index is 12.3. The van der Waals surface area contributed by atoms with Gasteiger partial charge in [0.15, 0.2) is 6.17 Å². The Morgan fingerprint density at radius 3 is 2.48 bits per heavy atom. The third-order valence-corrected chi connectivity index (χ3v) is 3.12. The van der Waals surface area contributed by atoms with E-state index in [1.807, 2.05) is 30.3 Å². The van der Waals surface area contributed by atoms with Crippen molar-refractivity contribution in [3.8, 4) is 0 Å². The van der Waals surface area contributed by atoms with Gasteiger partial charge in [-0.1, -0.05) is 36.4 Å². The van der Waals surface area contributed by atoms with E-state index in [1.165, 1.54) is 6.92 Å². The molecule has 120 valence electrons. The van der Waals surface area contributed by atoms with Crippen LogP contribution in [0.25, 0.3) is 0 Å². The van der Waals surface area contributed by atoms with Gasteiger partial charge in [-0.25, -0.2) is 0 Å². The van der Waals surface area contributed by atoms with Gasteiger partial charge in [-0.05, 0) is 23.8 Å². The van der Waals surface area contributed by atoms with E-state index < -0.39 is 6.17 Å². The smallest absolute Gasteiger partial charge is 0.263 e. The van der Waals surface area contributed by atoms with E-state index in [1.54, 1.807) is 24.3 Å². The summed E-state index contributed by atoms with van der Waals surface area (Å²) in [5, 5.41) is 8.34. The monoisotopic (exact) mass is 312 g/mol. The van der Waals surface area contributed by atoms with Crippen LogP contribution in [0.5, 0.6) is 0 Å². The van der Waals surface area contributed by atoms with Crippen LogP contribution in [0.1, 0.15) is 12.5 Å². The van der Waals surface area contributed by atoms with E-state index in [-0.39, 0.29) is 11.8 Å². The lowest BCUT2D eigenvalue weighted by molar-refractivity contribution is -0.127. The van der Waals surface area contributed by atoms with Crippen LogP contribution < -0.4 is 21.7 Å². The number of hydrogen-bond donors (Lipinski definition) is 4. The minimum Gasteiger partial charge on any atom is -0.399 e. The zero-order valence-electron chi connectivity index (χ0n) is 12.9. The fourth-order valence-corrected chi connectivity index (χ4v) is 2.05. The molecular weight excluding hydrogens is 292 g/mol. The number of amides is 2. The minimum atomic E-state index is -0.877. The third-order valence-electron chi connectivity index (χ3n) is 3.12. The Bertz CT molecular complexity index is 673. The number of nitrogen functional groups attached to an aromatic ring is 1. The van der Waals surface area contributed by atoms with Gasteiger partial charge in [-0.3, -0.25) is 9.59 Å². The molecule has 5 N–H and O–H groups in total. The SMILES string of the molecule is CC(=O)N[C@@H](Nc1cccc(N)c1)C(=O)NCc1ccccc1. The first kappa shape index (κ1) is 16.4. The summed E-state index contributed by atoms with van der Waals surface area (Å²) in [6.07, 6.45) is -0.877. The molecule has 1 atom stereocenters. The molecule has 6 nitrogen and oxygen atoms in total. The lowest BCUT2D eigenvalue weighted by atomic mass is 10.2. The van der Waals surface area contributed by atoms with E-state index in [2.05, 4.69) is 16.0 Å². The minimum absolute atomic E-state index is 0.304. The molecule has 0 saturated heterocycles. The van der Waals surface area contributed by atoms with Crippen LogP contribution >= 0.6 is 0 Å². The molecule has 0 fully saturated rings. The molecule has 0 unspecified atom stereocenters. The molecule has 0 aliphatic carbocycles. The number of hydrogen-bond acceptors (Lipinski definition) is 4. The lowest BCUT2D eigenvalue weighted by Gasteiger charge is -2.20. The topological polar surface area (TPSA) is 96.2 Å². The number of carbonyl (C=O) groups excluding carboxylic acids is 2. The molecule has 0 aliphatic rings. The van der Waals surface area contributed by atoms with Crippen molar-refractivity contribution in [3.05, 3.63) is 60.2 Å². The summed E-state index contributed by atoms with van der Waals surface area (Å²) in [4.78, 5) is 23.7. The maximum Gasteiger partial charge on any atom is 0.263 e. The Kier molecular flexibility index (Phi) is 5.57. The Balaban J connectivity index is 2.01. The van der Waals surface area contributed by atoms with Crippen LogP contribution in [0.2, 0.25) is 0 Å². The Morgan fingerprint density at radius 2 is 1.83 bits per heavy atom. The van der Waals surface area contributed by atoms with Gasteiger partial charge in [-0.2, -0.15) is 0 Å². The number of carbonyl (C=O) groups is 2. The first-order valence-corrected chi connectivity index (χ1v) is 7.25. The van der Waals surface area contributed by atoms with Crippen LogP contribution in [-0.2, 0) is 16.1 Å². The molecular formula is C17H20N4O2. The molecule has 0 saturated carbocycles. The van der Waals surface area contributed by atoms with Gasteiger partial charge in [0.25, 0.3) is 5.91 Å². The summed E-state index contributed by atoms with van der Waals surface area (Å²) in [5.41, 5.74) is 7.92. The summed E-state index contributed by atoms with van der Waals surface area (Å²) in [7, 11) is 0. The molecule has 2 aromatic carbocycles. The van der Waals surface area contributed by atoms with Gasteiger partial charge in [0, 0.05) is 24.8 Å². The first-order chi connectivity index (χ1) is 11.0. The van der Waals surface area contributed by atoms with Crippen molar-refractivity contribution >= 4 is 23.2 Å². The van der Waals surface area contributed by atoms with Crippen molar-refractivity contribution in [2.24, 2.45) is 0 Å². The second kappa shape index (κ2) is 7.84. The van der Waals surface area contributed by atoms with E-state index in [4.69, 9.17) is 5.73 Å². The normalized spacial score (nSPS) is 11.3. The molecule has 2 rings (SSSR count). The van der Waals surface area contributed by atoms with Gasteiger partial charge in [0.2, 0.25) is 5.91 Å². The Hall–Kier alpha value is -3.02. The molecule has 2 aromatic rings. The highest BCUT2D eigenvalue weighted by molar-refractivity contribution is 5.88. The number of nitrogens with two attached hydrogens (primary N) is 1. The van der Waals surface area contributed by atoms with Gasteiger partial charge in [0.05, 0.1) is 0 Å². The van der Waals surface area contributed by atoms with E-state index in [0.717, 1.165) is 5.56 Å². The lowest BCUT2D eigenvalue weighted by Crippen LogP contribution is -2.50. The van der Waals surface area contributed by atoms with E-state index >= 15 is 0 Å². The van der Waals surface area contributed by atoms with Crippen molar-refractivity contribution < 1.29 is 9.59 Å². The molecule has 0 aliphatic heterocycles.